The Hall–Kier alpha value is -2.04. The summed E-state index contributed by atoms with van der Waals surface area (Å²) in [4.78, 5) is 18.1. The normalized spacial score (nSPS) is 11.0. The number of thiocarbonyl (C=S) groups is 1. The minimum atomic E-state index is -3.71. The lowest BCUT2D eigenvalue weighted by Crippen LogP contribution is -2.38. The van der Waals surface area contributed by atoms with Gasteiger partial charge in [0, 0.05) is 30.4 Å². The number of aromatic nitrogens is 1. The number of carbonyl (C=O) groups is 1. The van der Waals surface area contributed by atoms with Gasteiger partial charge in [0.2, 0.25) is 0 Å². The molecule has 0 aliphatic heterocycles. The van der Waals surface area contributed by atoms with Crippen LogP contribution in [0.15, 0.2) is 40.7 Å². The molecule has 0 saturated heterocycles. The fourth-order valence-corrected chi connectivity index (χ4v) is 4.10. The standard InChI is InChI=1S/C15H18N4O3S3/c1-3-19(4-2)14(23)13(20)17-11-5-7-12(8-6-11)25(21,22)18-15-16-9-10-24-15/h5-10H,3-4H2,1-2H3,(H,16,18)(H,17,20). The lowest BCUT2D eigenvalue weighted by molar-refractivity contribution is -0.110. The summed E-state index contributed by atoms with van der Waals surface area (Å²) in [5.74, 6) is -0.393. The molecule has 0 spiro atoms. The van der Waals surface area contributed by atoms with Crippen LogP contribution in [-0.2, 0) is 14.8 Å². The second kappa shape index (κ2) is 8.37. The van der Waals surface area contributed by atoms with Crippen molar-refractivity contribution in [2.45, 2.75) is 18.7 Å². The highest BCUT2D eigenvalue weighted by Crippen LogP contribution is 2.19. The molecule has 7 nitrogen and oxygen atoms in total. The van der Waals surface area contributed by atoms with E-state index in [9.17, 15) is 13.2 Å². The van der Waals surface area contributed by atoms with E-state index in [0.29, 0.717) is 23.9 Å². The molecule has 2 rings (SSSR count). The zero-order valence-corrected chi connectivity index (χ0v) is 16.2. The monoisotopic (exact) mass is 398 g/mol. The fourth-order valence-electron chi connectivity index (χ4n) is 2.00. The Morgan fingerprint density at radius 1 is 1.24 bits per heavy atom. The van der Waals surface area contributed by atoms with Crippen molar-refractivity contribution in [1.82, 2.24) is 9.88 Å². The van der Waals surface area contributed by atoms with Crippen LogP contribution in [0.1, 0.15) is 13.8 Å². The number of benzene rings is 1. The number of anilines is 2. The molecule has 25 heavy (non-hydrogen) atoms. The number of nitrogens with one attached hydrogen (secondary N) is 2. The second-order valence-corrected chi connectivity index (χ2v) is 7.86. The maximum atomic E-state index is 12.2. The van der Waals surface area contributed by atoms with Crippen LogP contribution in [0.5, 0.6) is 0 Å². The van der Waals surface area contributed by atoms with Crippen molar-refractivity contribution >= 4 is 55.3 Å². The van der Waals surface area contributed by atoms with E-state index in [1.807, 2.05) is 13.8 Å². The van der Waals surface area contributed by atoms with E-state index in [0.717, 1.165) is 0 Å². The van der Waals surface area contributed by atoms with E-state index in [2.05, 4.69) is 15.0 Å². The highest BCUT2D eigenvalue weighted by atomic mass is 32.2. The summed E-state index contributed by atoms with van der Waals surface area (Å²) in [6.45, 7) is 5.11. The SMILES string of the molecule is CCN(CC)C(=S)C(=O)Nc1ccc(S(=O)(=O)Nc2nccs2)cc1. The highest BCUT2D eigenvalue weighted by molar-refractivity contribution is 7.93. The molecule has 0 aliphatic rings. The van der Waals surface area contributed by atoms with Gasteiger partial charge in [-0.05, 0) is 38.1 Å². The number of amides is 1. The molecule has 1 aromatic heterocycles. The molecule has 10 heteroatoms. The van der Waals surface area contributed by atoms with E-state index in [4.69, 9.17) is 12.2 Å². The quantitative estimate of drug-likeness (QED) is 0.727. The van der Waals surface area contributed by atoms with Crippen molar-refractivity contribution in [2.75, 3.05) is 23.1 Å². The van der Waals surface area contributed by atoms with Crippen LogP contribution in [0.25, 0.3) is 0 Å². The zero-order valence-electron chi connectivity index (χ0n) is 13.7. The van der Waals surface area contributed by atoms with Gasteiger partial charge in [0.25, 0.3) is 15.9 Å². The predicted molar refractivity (Wildman–Crippen MR) is 104 cm³/mol. The van der Waals surface area contributed by atoms with Gasteiger partial charge in [-0.25, -0.2) is 13.4 Å². The van der Waals surface area contributed by atoms with Crippen molar-refractivity contribution in [1.29, 1.82) is 0 Å². The Labute approximate surface area is 156 Å². The lowest BCUT2D eigenvalue weighted by atomic mass is 10.3. The summed E-state index contributed by atoms with van der Waals surface area (Å²) in [6.07, 6.45) is 1.51. The average molecular weight is 399 g/mol. The summed E-state index contributed by atoms with van der Waals surface area (Å²) in [6, 6.07) is 5.84. The van der Waals surface area contributed by atoms with Crippen LogP contribution < -0.4 is 10.0 Å². The van der Waals surface area contributed by atoms with Crippen molar-refractivity contribution in [3.8, 4) is 0 Å². The molecular weight excluding hydrogens is 380 g/mol. The first-order chi connectivity index (χ1) is 11.9. The molecule has 2 aromatic rings. The summed E-state index contributed by atoms with van der Waals surface area (Å²) in [5, 5.41) is 4.64. The molecule has 1 aromatic carbocycles. The van der Waals surface area contributed by atoms with Gasteiger partial charge in [0.05, 0.1) is 4.90 Å². The first-order valence-corrected chi connectivity index (χ1v) is 10.3. The number of rotatable bonds is 6. The number of hydrogen-bond donors (Lipinski definition) is 2. The van der Waals surface area contributed by atoms with E-state index in [-0.39, 0.29) is 9.88 Å². The molecule has 0 atom stereocenters. The van der Waals surface area contributed by atoms with Gasteiger partial charge >= 0.3 is 0 Å². The van der Waals surface area contributed by atoms with Crippen LogP contribution in [0.3, 0.4) is 0 Å². The van der Waals surface area contributed by atoms with Crippen LogP contribution in [0.2, 0.25) is 0 Å². The zero-order chi connectivity index (χ0) is 18.4. The third-order valence-corrected chi connectivity index (χ3v) is 5.94. The topological polar surface area (TPSA) is 91.4 Å². The Balaban J connectivity index is 2.07. The number of nitrogens with zero attached hydrogens (tertiary/aromatic N) is 2. The van der Waals surface area contributed by atoms with E-state index in [1.54, 1.807) is 10.3 Å². The van der Waals surface area contributed by atoms with Gasteiger partial charge in [-0.2, -0.15) is 0 Å². The molecule has 0 bridgehead atoms. The fraction of sp³-hybridized carbons (Fsp3) is 0.267. The summed E-state index contributed by atoms with van der Waals surface area (Å²) in [5.41, 5.74) is 0.465. The Morgan fingerprint density at radius 2 is 1.88 bits per heavy atom. The van der Waals surface area contributed by atoms with Crippen LogP contribution >= 0.6 is 23.6 Å². The molecule has 134 valence electrons. The maximum Gasteiger partial charge on any atom is 0.283 e. The third-order valence-electron chi connectivity index (χ3n) is 3.32. The largest absolute Gasteiger partial charge is 0.359 e. The third kappa shape index (κ3) is 4.97. The summed E-state index contributed by atoms with van der Waals surface area (Å²) in [7, 11) is -3.71. The van der Waals surface area contributed by atoms with E-state index in [1.165, 1.54) is 41.8 Å². The first-order valence-electron chi connectivity index (χ1n) is 7.50. The van der Waals surface area contributed by atoms with Gasteiger partial charge in [0.15, 0.2) is 10.1 Å². The molecule has 1 amide bonds. The predicted octanol–water partition coefficient (Wildman–Crippen LogP) is 2.55. The van der Waals surface area contributed by atoms with E-state index < -0.39 is 15.9 Å². The molecule has 0 saturated carbocycles. The number of hydrogen-bond acceptors (Lipinski definition) is 6. The smallest absolute Gasteiger partial charge is 0.283 e. The first kappa shape index (κ1) is 19.3. The van der Waals surface area contributed by atoms with Crippen LogP contribution in [0.4, 0.5) is 10.8 Å². The molecule has 0 radical (unpaired) electrons. The van der Waals surface area contributed by atoms with Crippen molar-refractivity contribution in [2.24, 2.45) is 0 Å². The van der Waals surface area contributed by atoms with Gasteiger partial charge in [0.1, 0.15) is 0 Å². The molecule has 0 unspecified atom stereocenters. The molecule has 1 heterocycles. The Morgan fingerprint density at radius 3 is 2.40 bits per heavy atom. The molecule has 0 aliphatic carbocycles. The van der Waals surface area contributed by atoms with Crippen molar-refractivity contribution in [3.05, 3.63) is 35.8 Å². The number of thiazole rings is 1. The minimum absolute atomic E-state index is 0.0759. The number of sulfonamides is 1. The molecule has 0 fully saturated rings. The van der Waals surface area contributed by atoms with Gasteiger partial charge in [-0.3, -0.25) is 9.52 Å². The van der Waals surface area contributed by atoms with Gasteiger partial charge < -0.3 is 10.2 Å². The second-order valence-electron chi connectivity index (χ2n) is 4.90. The van der Waals surface area contributed by atoms with Gasteiger partial charge in [-0.15, -0.1) is 11.3 Å². The number of likely N-dealkylation sites (N-methyl/N-ethyl adjacent to an activating group) is 1. The Bertz CT molecular complexity index is 829. The average Bonchev–Trinajstić information content (AvgIpc) is 3.08. The maximum absolute atomic E-state index is 12.2. The lowest BCUT2D eigenvalue weighted by Gasteiger charge is -2.20. The van der Waals surface area contributed by atoms with Crippen LogP contribution in [0, 0.1) is 0 Å². The van der Waals surface area contributed by atoms with Crippen molar-refractivity contribution < 1.29 is 13.2 Å². The summed E-state index contributed by atoms with van der Waals surface area (Å²) < 4.78 is 26.9. The molecular formula is C15H18N4O3S3. The molecule has 2 N–H and O–H groups in total. The summed E-state index contributed by atoms with van der Waals surface area (Å²) >= 11 is 6.34. The Kier molecular flexibility index (Phi) is 6.45. The van der Waals surface area contributed by atoms with Crippen LogP contribution in [-0.4, -0.2) is 42.3 Å². The minimum Gasteiger partial charge on any atom is -0.359 e. The van der Waals surface area contributed by atoms with Gasteiger partial charge in [-0.1, -0.05) is 12.2 Å². The van der Waals surface area contributed by atoms with E-state index >= 15 is 0 Å². The number of carbonyl (C=O) groups excluding carboxylic acids is 1. The van der Waals surface area contributed by atoms with Crippen molar-refractivity contribution in [3.63, 3.8) is 0 Å². The highest BCUT2D eigenvalue weighted by Gasteiger charge is 2.17.